The van der Waals surface area contributed by atoms with Gasteiger partial charge < -0.3 is 10.1 Å². The molecule has 1 aromatic carbocycles. The Morgan fingerprint density at radius 2 is 1.56 bits per heavy atom. The van der Waals surface area contributed by atoms with Gasteiger partial charge in [0.05, 0.1) is 16.6 Å². The number of carboxylic acids is 1. The Morgan fingerprint density at radius 3 is 2.16 bits per heavy atom. The largest absolute Gasteiger partial charge is 0.478 e. The molecule has 2 rings (SSSR count). The van der Waals surface area contributed by atoms with Crippen molar-refractivity contribution in [3.63, 3.8) is 0 Å². The Balaban J connectivity index is 1.58. The van der Waals surface area contributed by atoms with Crippen molar-refractivity contribution in [2.45, 2.75) is 84.0 Å². The molecule has 0 spiro atoms. The van der Waals surface area contributed by atoms with Gasteiger partial charge in [0.25, 0.3) is 0 Å². The highest BCUT2D eigenvalue weighted by molar-refractivity contribution is 5.92. The molecule has 0 aliphatic rings. The second-order valence-corrected chi connectivity index (χ2v) is 7.01. The maximum atomic E-state index is 11.0. The van der Waals surface area contributed by atoms with Crippen molar-refractivity contribution >= 4 is 17.0 Å². The number of nitrogens with one attached hydrogen (secondary N) is 1. The van der Waals surface area contributed by atoms with Crippen LogP contribution in [-0.2, 0) is 6.42 Å². The Labute approximate surface area is 151 Å². The molecule has 25 heavy (non-hydrogen) atoms. The molecule has 0 unspecified atom stereocenters. The van der Waals surface area contributed by atoms with Crippen LogP contribution < -0.4 is 0 Å². The van der Waals surface area contributed by atoms with Crippen LogP contribution in [0.4, 0.5) is 0 Å². The van der Waals surface area contributed by atoms with Gasteiger partial charge in [0.1, 0.15) is 5.82 Å². The summed E-state index contributed by atoms with van der Waals surface area (Å²) in [5.41, 5.74) is 1.97. The summed E-state index contributed by atoms with van der Waals surface area (Å²) in [4.78, 5) is 18.8. The van der Waals surface area contributed by atoms with Gasteiger partial charge in [0.15, 0.2) is 0 Å². The molecule has 0 aliphatic heterocycles. The quantitative estimate of drug-likeness (QED) is 0.430. The number of carboxylic acid groups (broad SMARTS) is 1. The number of fused-ring (bicyclic) bond motifs is 1. The zero-order valence-corrected chi connectivity index (χ0v) is 15.5. The predicted molar refractivity (Wildman–Crippen MR) is 103 cm³/mol. The van der Waals surface area contributed by atoms with Gasteiger partial charge in [-0.3, -0.25) is 0 Å². The molecule has 2 N–H and O–H groups in total. The van der Waals surface area contributed by atoms with E-state index in [0.717, 1.165) is 29.7 Å². The summed E-state index contributed by atoms with van der Waals surface area (Å²) in [6.45, 7) is 2.26. The van der Waals surface area contributed by atoms with Gasteiger partial charge in [-0.25, -0.2) is 9.78 Å². The third-order valence-corrected chi connectivity index (χ3v) is 4.80. The monoisotopic (exact) mass is 344 g/mol. The van der Waals surface area contributed by atoms with Crippen molar-refractivity contribution in [2.75, 3.05) is 0 Å². The number of H-pyrrole nitrogens is 1. The van der Waals surface area contributed by atoms with Gasteiger partial charge in [-0.15, -0.1) is 0 Å². The van der Waals surface area contributed by atoms with Crippen LogP contribution >= 0.6 is 0 Å². The highest BCUT2D eigenvalue weighted by Gasteiger charge is 2.07. The molecule has 2 aromatic rings. The van der Waals surface area contributed by atoms with Crippen molar-refractivity contribution in [3.8, 4) is 0 Å². The predicted octanol–water partition coefficient (Wildman–Crippen LogP) is 6.11. The first-order chi connectivity index (χ1) is 12.2. The smallest absolute Gasteiger partial charge is 0.335 e. The number of aromatic nitrogens is 2. The second kappa shape index (κ2) is 10.9. The first-order valence-electron chi connectivity index (χ1n) is 9.92. The third kappa shape index (κ3) is 6.89. The molecular formula is C21H32N2O2. The molecule has 0 fully saturated rings. The second-order valence-electron chi connectivity index (χ2n) is 7.01. The lowest BCUT2D eigenvalue weighted by molar-refractivity contribution is 0.0697. The molecule has 0 bridgehead atoms. The molecule has 138 valence electrons. The van der Waals surface area contributed by atoms with E-state index in [0.29, 0.717) is 5.56 Å². The summed E-state index contributed by atoms with van der Waals surface area (Å²) < 4.78 is 0. The van der Waals surface area contributed by atoms with Gasteiger partial charge in [0.2, 0.25) is 0 Å². The van der Waals surface area contributed by atoms with E-state index >= 15 is 0 Å². The number of aromatic carboxylic acids is 1. The molecule has 0 amide bonds. The summed E-state index contributed by atoms with van der Waals surface area (Å²) in [6, 6.07) is 5.05. The lowest BCUT2D eigenvalue weighted by atomic mass is 10.1. The molecule has 1 aromatic heterocycles. The molecular weight excluding hydrogens is 312 g/mol. The number of carbonyl (C=O) groups is 1. The van der Waals surface area contributed by atoms with Crippen LogP contribution in [0.25, 0.3) is 11.0 Å². The Bertz CT molecular complexity index is 648. The zero-order valence-electron chi connectivity index (χ0n) is 15.5. The fourth-order valence-corrected chi connectivity index (χ4v) is 3.27. The minimum Gasteiger partial charge on any atom is -0.478 e. The van der Waals surface area contributed by atoms with Gasteiger partial charge in [-0.1, -0.05) is 71.1 Å². The van der Waals surface area contributed by atoms with Gasteiger partial charge in [-0.2, -0.15) is 0 Å². The fraction of sp³-hybridized carbons (Fsp3) is 0.619. The standard InChI is InChI=1S/C21H32N2O2/c1-2-3-4-5-6-7-8-9-10-11-12-13-20-22-18-15-14-17(21(24)25)16-19(18)23-20/h14-16H,2-13H2,1H3,(H,22,23)(H,24,25). The molecule has 4 heteroatoms. The number of hydrogen-bond donors (Lipinski definition) is 2. The van der Waals surface area contributed by atoms with E-state index in [9.17, 15) is 4.79 Å². The first kappa shape index (κ1) is 19.5. The fourth-order valence-electron chi connectivity index (χ4n) is 3.27. The molecule has 4 nitrogen and oxygen atoms in total. The average molecular weight is 344 g/mol. The Morgan fingerprint density at radius 1 is 0.960 bits per heavy atom. The van der Waals surface area contributed by atoms with Crippen molar-refractivity contribution in [2.24, 2.45) is 0 Å². The van der Waals surface area contributed by atoms with Crippen molar-refractivity contribution in [1.29, 1.82) is 0 Å². The number of nitrogens with zero attached hydrogens (tertiary/aromatic N) is 1. The van der Waals surface area contributed by atoms with Crippen LogP contribution in [0.15, 0.2) is 18.2 Å². The number of hydrogen-bond acceptors (Lipinski definition) is 2. The average Bonchev–Trinajstić information content (AvgIpc) is 3.01. The van der Waals surface area contributed by atoms with E-state index in [1.54, 1.807) is 18.2 Å². The summed E-state index contributed by atoms with van der Waals surface area (Å²) >= 11 is 0. The Hall–Kier alpha value is -1.84. The van der Waals surface area contributed by atoms with Gasteiger partial charge in [0, 0.05) is 6.42 Å². The van der Waals surface area contributed by atoms with Gasteiger partial charge in [-0.05, 0) is 24.6 Å². The normalized spacial score (nSPS) is 11.2. The van der Waals surface area contributed by atoms with E-state index in [1.165, 1.54) is 64.2 Å². The van der Waals surface area contributed by atoms with E-state index in [-0.39, 0.29) is 0 Å². The van der Waals surface area contributed by atoms with Crippen LogP contribution in [0.1, 0.15) is 93.7 Å². The highest BCUT2D eigenvalue weighted by atomic mass is 16.4. The lowest BCUT2D eigenvalue weighted by Crippen LogP contribution is -1.94. The summed E-state index contributed by atoms with van der Waals surface area (Å²) in [6.07, 6.45) is 15.7. The van der Waals surface area contributed by atoms with E-state index in [4.69, 9.17) is 5.11 Å². The zero-order chi connectivity index (χ0) is 17.9. The van der Waals surface area contributed by atoms with Crippen LogP contribution in [-0.4, -0.2) is 21.0 Å². The van der Waals surface area contributed by atoms with Gasteiger partial charge >= 0.3 is 5.97 Å². The molecule has 0 saturated heterocycles. The minimum atomic E-state index is -0.900. The molecule has 0 aliphatic carbocycles. The van der Waals surface area contributed by atoms with Crippen molar-refractivity contribution in [1.82, 2.24) is 9.97 Å². The molecule has 0 saturated carbocycles. The maximum Gasteiger partial charge on any atom is 0.335 e. The highest BCUT2D eigenvalue weighted by Crippen LogP contribution is 2.16. The number of imidazole rings is 1. The SMILES string of the molecule is CCCCCCCCCCCCCc1nc2ccc(C(=O)O)cc2[nH]1. The van der Waals surface area contributed by atoms with Crippen LogP contribution in [0.2, 0.25) is 0 Å². The number of benzene rings is 1. The summed E-state index contributed by atoms with van der Waals surface area (Å²) in [5.74, 6) is 0.0666. The van der Waals surface area contributed by atoms with E-state index < -0.39 is 5.97 Å². The summed E-state index contributed by atoms with van der Waals surface area (Å²) in [5, 5.41) is 9.03. The molecule has 0 atom stereocenters. The number of rotatable bonds is 13. The van der Waals surface area contributed by atoms with E-state index in [2.05, 4.69) is 16.9 Å². The van der Waals surface area contributed by atoms with E-state index in [1.807, 2.05) is 0 Å². The first-order valence-corrected chi connectivity index (χ1v) is 9.92. The number of aromatic amines is 1. The van der Waals surface area contributed by atoms with Crippen LogP contribution in [0.3, 0.4) is 0 Å². The Kier molecular flexibility index (Phi) is 8.50. The maximum absolute atomic E-state index is 11.0. The third-order valence-electron chi connectivity index (χ3n) is 4.80. The van der Waals surface area contributed by atoms with Crippen LogP contribution in [0, 0.1) is 0 Å². The number of aryl methyl sites for hydroxylation is 1. The topological polar surface area (TPSA) is 66.0 Å². The number of unbranched alkanes of at least 4 members (excludes halogenated alkanes) is 10. The van der Waals surface area contributed by atoms with Crippen LogP contribution in [0.5, 0.6) is 0 Å². The lowest BCUT2D eigenvalue weighted by Gasteiger charge is -2.02. The van der Waals surface area contributed by atoms with Crippen molar-refractivity contribution < 1.29 is 9.90 Å². The molecule has 0 radical (unpaired) electrons. The molecule has 1 heterocycles. The van der Waals surface area contributed by atoms with Crippen molar-refractivity contribution in [3.05, 3.63) is 29.6 Å². The minimum absolute atomic E-state index is 0.303. The summed E-state index contributed by atoms with van der Waals surface area (Å²) in [7, 11) is 0.